The summed E-state index contributed by atoms with van der Waals surface area (Å²) in [5, 5.41) is 14.6. The Labute approximate surface area is 280 Å². The number of alkyl halides is 3. The van der Waals surface area contributed by atoms with Gasteiger partial charge >= 0.3 is 6.18 Å². The van der Waals surface area contributed by atoms with Gasteiger partial charge in [0.25, 0.3) is 11.7 Å². The normalized spacial score (nSPS) is 23.2. The molecule has 2 N–H and O–H groups in total. The van der Waals surface area contributed by atoms with E-state index in [0.29, 0.717) is 41.0 Å². The number of halogens is 3. The van der Waals surface area contributed by atoms with Crippen molar-refractivity contribution in [1.29, 1.82) is 0 Å². The van der Waals surface area contributed by atoms with E-state index in [1.54, 1.807) is 23.1 Å². The highest BCUT2D eigenvalue weighted by Crippen LogP contribution is 2.39. The van der Waals surface area contributed by atoms with Gasteiger partial charge in [-0.1, -0.05) is 40.5 Å². The van der Waals surface area contributed by atoms with Crippen LogP contribution in [-0.4, -0.2) is 62.2 Å². The Balaban J connectivity index is 1.52. The summed E-state index contributed by atoms with van der Waals surface area (Å²) in [6.07, 6.45) is 2.49. The Morgan fingerprint density at radius 1 is 1.15 bits per heavy atom. The number of carbonyl (C=O) groups excluding carboxylic acids is 2. The Bertz CT molecular complexity index is 1610. The first-order valence-corrected chi connectivity index (χ1v) is 19.9. The summed E-state index contributed by atoms with van der Waals surface area (Å²) in [7, 11) is -2.25. The smallest absolute Gasteiger partial charge is 0.393 e. The fourth-order valence-electron chi connectivity index (χ4n) is 6.40. The van der Waals surface area contributed by atoms with Gasteiger partial charge in [0.1, 0.15) is 5.69 Å². The Morgan fingerprint density at radius 3 is 2.50 bits per heavy atom. The number of rotatable bonds is 10. The number of hydrogen-bond acceptors (Lipinski definition) is 7. The van der Waals surface area contributed by atoms with Gasteiger partial charge in [0, 0.05) is 31.6 Å². The van der Waals surface area contributed by atoms with Crippen LogP contribution in [-0.2, 0) is 28.8 Å². The van der Waals surface area contributed by atoms with Crippen LogP contribution in [0.15, 0.2) is 18.5 Å². The first kappa shape index (κ1) is 36.0. The van der Waals surface area contributed by atoms with E-state index in [-0.39, 0.29) is 36.3 Å². The second-order valence-corrected chi connectivity index (χ2v) is 19.9. The van der Waals surface area contributed by atoms with E-state index in [4.69, 9.17) is 19.5 Å². The van der Waals surface area contributed by atoms with Gasteiger partial charge in [0.05, 0.1) is 41.8 Å². The number of amides is 2. The third-order valence-corrected chi connectivity index (χ3v) is 15.1. The molecule has 5 rings (SSSR count). The highest BCUT2D eigenvalue weighted by molar-refractivity contribution is 6.74. The van der Waals surface area contributed by atoms with Gasteiger partial charge in [-0.05, 0) is 62.2 Å². The van der Waals surface area contributed by atoms with Crippen molar-refractivity contribution in [2.24, 2.45) is 23.7 Å². The maximum absolute atomic E-state index is 13.7. The summed E-state index contributed by atoms with van der Waals surface area (Å²) in [6, 6.07) is 1.28. The van der Waals surface area contributed by atoms with E-state index in [2.05, 4.69) is 56.5 Å². The lowest BCUT2D eigenvalue weighted by Gasteiger charge is -2.36. The number of hydrogen-bond donors (Lipinski definition) is 2. The van der Waals surface area contributed by atoms with Crippen LogP contribution < -0.4 is 10.6 Å². The van der Waals surface area contributed by atoms with Crippen LogP contribution in [0, 0.1) is 23.7 Å². The van der Waals surface area contributed by atoms with Gasteiger partial charge in [-0.25, -0.2) is 14.5 Å². The standard InChI is InChI=1S/C33H49F3N8O3Si/c1-8-43-27(13-14-38-43)30(46)41-28(21-11-9-20(2)10-12-21)25-18-44-31(39-25)40-26(19-47-48(6,7)32(3,4)5)24(42-44)16-22-15-23(33(34,35)36)17-37-29(22)45/h13-14,18,20-23,28H,8-12,15-17,19H2,1-7H3,(H,37,45)(H,41,46)/t20?,21?,22-,23-,28+/m1/s1. The average molecular weight is 691 g/mol. The van der Waals surface area contributed by atoms with Crippen molar-refractivity contribution in [1.82, 2.24) is 40.0 Å². The minimum Gasteiger partial charge on any atom is -0.411 e. The Hall–Kier alpha value is -3.33. The molecule has 2 aliphatic rings. The zero-order chi connectivity index (χ0) is 35.0. The van der Waals surface area contributed by atoms with Crippen molar-refractivity contribution in [3.8, 4) is 0 Å². The molecule has 0 radical (unpaired) electrons. The molecular weight excluding hydrogens is 641 g/mol. The summed E-state index contributed by atoms with van der Waals surface area (Å²) in [4.78, 5) is 36.1. The van der Waals surface area contributed by atoms with Gasteiger partial charge in [-0.3, -0.25) is 14.3 Å². The van der Waals surface area contributed by atoms with Crippen LogP contribution in [0.3, 0.4) is 0 Å². The van der Waals surface area contributed by atoms with Crippen molar-refractivity contribution in [2.45, 2.75) is 117 Å². The lowest BCUT2D eigenvalue weighted by molar-refractivity contribution is -0.183. The molecule has 3 aromatic rings. The van der Waals surface area contributed by atoms with Gasteiger partial charge < -0.3 is 15.1 Å². The summed E-state index contributed by atoms with van der Waals surface area (Å²) < 4.78 is 50.7. The molecule has 3 aromatic heterocycles. The molecule has 2 fully saturated rings. The van der Waals surface area contributed by atoms with E-state index in [0.717, 1.165) is 25.7 Å². The molecule has 4 heterocycles. The fraction of sp³-hybridized carbons (Fsp3) is 0.697. The lowest BCUT2D eigenvalue weighted by atomic mass is 9.78. The minimum atomic E-state index is -4.42. The van der Waals surface area contributed by atoms with Gasteiger partial charge in [-0.2, -0.15) is 23.4 Å². The van der Waals surface area contributed by atoms with Crippen LogP contribution in [0.4, 0.5) is 13.2 Å². The first-order chi connectivity index (χ1) is 22.5. The first-order valence-electron chi connectivity index (χ1n) is 17.0. The predicted molar refractivity (Wildman–Crippen MR) is 176 cm³/mol. The van der Waals surface area contributed by atoms with Gasteiger partial charge in [-0.15, -0.1) is 0 Å². The number of piperidine rings is 1. The number of aryl methyl sites for hydroxylation is 1. The summed E-state index contributed by atoms with van der Waals surface area (Å²) >= 11 is 0. The molecule has 2 amide bonds. The molecule has 48 heavy (non-hydrogen) atoms. The van der Waals surface area contributed by atoms with Crippen molar-refractivity contribution < 1.29 is 27.2 Å². The summed E-state index contributed by atoms with van der Waals surface area (Å²) in [5.74, 6) is -2.20. The van der Waals surface area contributed by atoms with Crippen molar-refractivity contribution in [3.05, 3.63) is 41.2 Å². The number of imidazole rings is 1. The van der Waals surface area contributed by atoms with Crippen LogP contribution in [0.2, 0.25) is 18.1 Å². The molecule has 0 unspecified atom stereocenters. The van der Waals surface area contributed by atoms with E-state index < -0.39 is 44.8 Å². The lowest BCUT2D eigenvalue weighted by Crippen LogP contribution is -2.47. The highest BCUT2D eigenvalue weighted by Gasteiger charge is 2.45. The monoisotopic (exact) mass is 690 g/mol. The molecule has 264 valence electrons. The molecule has 0 spiro atoms. The maximum atomic E-state index is 13.7. The summed E-state index contributed by atoms with van der Waals surface area (Å²) in [5.41, 5.74) is 1.91. The van der Waals surface area contributed by atoms with Crippen LogP contribution >= 0.6 is 0 Å². The van der Waals surface area contributed by atoms with E-state index >= 15 is 0 Å². The molecule has 15 heteroatoms. The SMILES string of the molecule is CCn1nccc1C(=O)N[C@H](c1cn2nc(C[C@H]3C[C@@H](C(F)(F)F)CNC3=O)c(CO[Si](C)(C)C(C)(C)C)nc2n1)C1CCC(C)CC1. The Morgan fingerprint density at radius 2 is 1.85 bits per heavy atom. The van der Waals surface area contributed by atoms with Crippen molar-refractivity contribution >= 4 is 25.9 Å². The molecule has 11 nitrogen and oxygen atoms in total. The van der Waals surface area contributed by atoms with Gasteiger partial charge in [0.2, 0.25) is 5.91 Å². The highest BCUT2D eigenvalue weighted by atomic mass is 28.4. The zero-order valence-electron chi connectivity index (χ0n) is 29.0. The molecule has 3 atom stereocenters. The molecule has 0 aromatic carbocycles. The second-order valence-electron chi connectivity index (χ2n) is 15.1. The second kappa shape index (κ2) is 13.9. The van der Waals surface area contributed by atoms with Crippen LogP contribution in [0.25, 0.3) is 5.78 Å². The third kappa shape index (κ3) is 7.93. The number of aromatic nitrogens is 6. The minimum absolute atomic E-state index is 0.0211. The van der Waals surface area contributed by atoms with Crippen LogP contribution in [0.1, 0.15) is 100 Å². The van der Waals surface area contributed by atoms with Gasteiger partial charge in [0.15, 0.2) is 8.32 Å². The van der Waals surface area contributed by atoms with E-state index in [1.165, 1.54) is 4.52 Å². The van der Waals surface area contributed by atoms with E-state index in [9.17, 15) is 22.8 Å². The van der Waals surface area contributed by atoms with Crippen molar-refractivity contribution in [2.75, 3.05) is 6.54 Å². The fourth-order valence-corrected chi connectivity index (χ4v) is 7.33. The van der Waals surface area contributed by atoms with Crippen LogP contribution in [0.5, 0.6) is 0 Å². The third-order valence-electron chi connectivity index (χ3n) is 10.6. The number of nitrogens with one attached hydrogen (secondary N) is 2. The maximum Gasteiger partial charge on any atom is 0.393 e. The van der Waals surface area contributed by atoms with E-state index in [1.807, 2.05) is 6.92 Å². The molecule has 1 saturated heterocycles. The molecular formula is C33H49F3N8O3Si. The zero-order valence-corrected chi connectivity index (χ0v) is 30.0. The summed E-state index contributed by atoms with van der Waals surface area (Å²) in [6.45, 7) is 14.9. The molecule has 1 aliphatic carbocycles. The number of fused-ring (bicyclic) bond motifs is 1. The average Bonchev–Trinajstić information content (AvgIpc) is 3.66. The topological polar surface area (TPSA) is 128 Å². The predicted octanol–water partition coefficient (Wildman–Crippen LogP) is 6.02. The molecule has 0 bridgehead atoms. The van der Waals surface area contributed by atoms with Crippen molar-refractivity contribution in [3.63, 3.8) is 0 Å². The quantitative estimate of drug-likeness (QED) is 0.249. The number of carbonyl (C=O) groups is 2. The Kier molecular flexibility index (Phi) is 10.4. The molecule has 1 aliphatic heterocycles. The number of nitrogens with zero attached hydrogens (tertiary/aromatic N) is 6. The largest absolute Gasteiger partial charge is 0.411 e. The molecule has 1 saturated carbocycles.